The Morgan fingerprint density at radius 1 is 1.20 bits per heavy atom. The first-order chi connectivity index (χ1) is 20.6. The molecule has 0 spiro atoms. The first-order valence-corrected chi connectivity index (χ1v) is 17.9. The Kier molecular flexibility index (Phi) is 9.38. The second-order valence-corrected chi connectivity index (χ2v) is 16.2. The lowest BCUT2D eigenvalue weighted by molar-refractivity contribution is -0.143. The van der Waals surface area contributed by atoms with Gasteiger partial charge in [0.05, 0.1) is 17.2 Å². The fraction of sp³-hybridized carbons (Fsp3) is 0.562. The quantitative estimate of drug-likeness (QED) is 0.232. The molecule has 1 aromatic carbocycles. The van der Waals surface area contributed by atoms with Crippen LogP contribution in [0.15, 0.2) is 36.4 Å². The number of halogens is 2. The molecule has 0 saturated heterocycles. The van der Waals surface area contributed by atoms with Crippen molar-refractivity contribution < 1.29 is 27.1 Å². The minimum absolute atomic E-state index is 0.209. The number of sulfonamides is 1. The van der Waals surface area contributed by atoms with Gasteiger partial charge in [-0.1, -0.05) is 32.9 Å². The van der Waals surface area contributed by atoms with Crippen LogP contribution >= 0.6 is 11.3 Å². The van der Waals surface area contributed by atoms with E-state index in [1.807, 2.05) is 6.07 Å². The molecule has 4 atom stereocenters. The number of fused-ring (bicyclic) bond motifs is 2. The van der Waals surface area contributed by atoms with Crippen molar-refractivity contribution in [2.75, 3.05) is 17.5 Å². The van der Waals surface area contributed by atoms with Gasteiger partial charge in [-0.2, -0.15) is 0 Å². The zero-order valence-corrected chi connectivity index (χ0v) is 27.3. The zero-order chi connectivity index (χ0) is 31.9. The highest BCUT2D eigenvalue weighted by molar-refractivity contribution is 7.92. The molecule has 2 aromatic heterocycles. The number of aliphatic hydroxyl groups is 1. The van der Waals surface area contributed by atoms with E-state index in [9.17, 15) is 27.1 Å². The van der Waals surface area contributed by atoms with Gasteiger partial charge in [-0.15, -0.1) is 11.3 Å². The molecule has 1 saturated carbocycles. The smallest absolute Gasteiger partial charge is 0.274 e. The molecular weight excluding hydrogens is 607 g/mol. The van der Waals surface area contributed by atoms with Crippen molar-refractivity contribution in [3.05, 3.63) is 58.1 Å². The molecule has 240 valence electrons. The molecule has 8 nitrogen and oxygen atoms in total. The lowest BCUT2D eigenvalue weighted by Crippen LogP contribution is -2.53. The van der Waals surface area contributed by atoms with Gasteiger partial charge in [0.2, 0.25) is 10.0 Å². The Morgan fingerprint density at radius 2 is 1.98 bits per heavy atom. The number of aliphatic hydroxyl groups excluding tert-OH is 1. The number of aryl methyl sites for hydroxylation is 1. The Labute approximate surface area is 262 Å². The van der Waals surface area contributed by atoms with Crippen LogP contribution in [0.2, 0.25) is 0 Å². The monoisotopic (exact) mass is 648 g/mol. The van der Waals surface area contributed by atoms with Crippen molar-refractivity contribution in [2.45, 2.75) is 89.8 Å². The Hall–Kier alpha value is -2.67. The van der Waals surface area contributed by atoms with Crippen molar-refractivity contribution in [1.29, 1.82) is 0 Å². The van der Waals surface area contributed by atoms with Crippen molar-refractivity contribution >= 4 is 43.2 Å². The SMILES string of the molecule is CC(C)(C)[C@H]1CCc2nc3sc(C(=O)NC(CCN[C@H]4CCCC(F)(F)[C@@H]4O)c4cccc(NS(C)(=O)=O)c4)cc3cc2C1. The summed E-state index contributed by atoms with van der Waals surface area (Å²) >= 11 is 1.33. The molecule has 44 heavy (non-hydrogen) atoms. The van der Waals surface area contributed by atoms with Gasteiger partial charge in [-0.05, 0) is 91.8 Å². The molecule has 1 amide bonds. The largest absolute Gasteiger partial charge is 0.385 e. The summed E-state index contributed by atoms with van der Waals surface area (Å²) in [6.07, 6.45) is 2.98. The van der Waals surface area contributed by atoms with Crippen LogP contribution in [0.5, 0.6) is 0 Å². The number of alkyl halides is 2. The number of hydrogen-bond donors (Lipinski definition) is 4. The van der Waals surface area contributed by atoms with E-state index < -0.39 is 34.1 Å². The molecule has 0 bridgehead atoms. The maximum Gasteiger partial charge on any atom is 0.274 e. The van der Waals surface area contributed by atoms with E-state index >= 15 is 0 Å². The summed E-state index contributed by atoms with van der Waals surface area (Å²) in [5.41, 5.74) is 3.56. The minimum Gasteiger partial charge on any atom is -0.385 e. The van der Waals surface area contributed by atoms with Crippen LogP contribution in [0.4, 0.5) is 14.5 Å². The van der Waals surface area contributed by atoms with Gasteiger partial charge in [0.25, 0.3) is 11.8 Å². The highest BCUT2D eigenvalue weighted by atomic mass is 32.2. The predicted octanol–water partition coefficient (Wildman–Crippen LogP) is 5.82. The van der Waals surface area contributed by atoms with Crippen LogP contribution in [0.25, 0.3) is 10.2 Å². The number of nitrogens with zero attached hydrogens (tertiary/aromatic N) is 1. The Bertz CT molecular complexity index is 1620. The van der Waals surface area contributed by atoms with Crippen molar-refractivity contribution in [3.8, 4) is 0 Å². The van der Waals surface area contributed by atoms with E-state index in [-0.39, 0.29) is 24.3 Å². The summed E-state index contributed by atoms with van der Waals surface area (Å²) in [4.78, 5) is 19.9. The van der Waals surface area contributed by atoms with Crippen LogP contribution in [0.3, 0.4) is 0 Å². The van der Waals surface area contributed by atoms with Gasteiger partial charge < -0.3 is 15.7 Å². The average molecular weight is 649 g/mol. The number of pyridine rings is 1. The molecule has 4 N–H and O–H groups in total. The maximum atomic E-state index is 14.1. The number of thiophene rings is 1. The van der Waals surface area contributed by atoms with Gasteiger partial charge in [0.1, 0.15) is 10.9 Å². The van der Waals surface area contributed by atoms with Crippen LogP contribution in [0, 0.1) is 11.3 Å². The van der Waals surface area contributed by atoms with E-state index in [1.165, 1.54) is 16.9 Å². The third-order valence-corrected chi connectivity index (χ3v) is 10.5. The molecule has 5 rings (SSSR count). The van der Waals surface area contributed by atoms with E-state index in [0.29, 0.717) is 41.3 Å². The molecule has 1 unspecified atom stereocenters. The number of anilines is 1. The molecule has 12 heteroatoms. The normalized spacial score (nSPS) is 22.8. The first kappa shape index (κ1) is 32.7. The summed E-state index contributed by atoms with van der Waals surface area (Å²) < 4.78 is 54.3. The number of hydrogen-bond acceptors (Lipinski definition) is 7. The molecule has 0 radical (unpaired) electrons. The predicted molar refractivity (Wildman–Crippen MR) is 171 cm³/mol. The van der Waals surface area contributed by atoms with Crippen molar-refractivity contribution in [3.63, 3.8) is 0 Å². The van der Waals surface area contributed by atoms with E-state index in [1.54, 1.807) is 24.3 Å². The Balaban J connectivity index is 1.35. The van der Waals surface area contributed by atoms with Crippen LogP contribution in [0.1, 0.15) is 85.4 Å². The molecule has 2 aliphatic carbocycles. The van der Waals surface area contributed by atoms with Crippen molar-refractivity contribution in [1.82, 2.24) is 15.6 Å². The number of benzene rings is 1. The Morgan fingerprint density at radius 3 is 2.70 bits per heavy atom. The summed E-state index contributed by atoms with van der Waals surface area (Å²) in [7, 11) is -3.52. The third kappa shape index (κ3) is 7.75. The van der Waals surface area contributed by atoms with E-state index in [2.05, 4.69) is 42.2 Å². The van der Waals surface area contributed by atoms with Crippen LogP contribution in [-0.4, -0.2) is 55.3 Å². The molecule has 1 fully saturated rings. The van der Waals surface area contributed by atoms with Gasteiger partial charge in [0.15, 0.2) is 0 Å². The fourth-order valence-electron chi connectivity index (χ4n) is 6.34. The topological polar surface area (TPSA) is 120 Å². The zero-order valence-electron chi connectivity index (χ0n) is 25.6. The third-order valence-electron chi connectivity index (χ3n) is 8.90. The van der Waals surface area contributed by atoms with E-state index in [4.69, 9.17) is 4.98 Å². The number of aromatic nitrogens is 1. The number of amides is 1. The van der Waals surface area contributed by atoms with Gasteiger partial charge in [0, 0.05) is 29.2 Å². The maximum absolute atomic E-state index is 14.1. The average Bonchev–Trinajstić information content (AvgIpc) is 3.35. The standard InChI is InChI=1S/C32H42F2N4O4S2/c1-31(2,3)22-10-11-24-20(16-22)15-21-18-27(43-30(21)37-24)29(40)36-25(19-7-5-8-23(17-19)38-44(4,41)42)12-14-35-26-9-6-13-32(33,34)28(26)39/h5,7-8,15,17-18,22,25-26,28,35,38-39H,6,9-14,16H2,1-4H3,(H,36,40)/t22-,25?,26-,28+/m0/s1. The summed E-state index contributed by atoms with van der Waals surface area (Å²) in [5.74, 6) is -2.87. The van der Waals surface area contributed by atoms with E-state index in [0.717, 1.165) is 41.4 Å². The van der Waals surface area contributed by atoms with Crippen molar-refractivity contribution in [2.24, 2.45) is 11.3 Å². The second-order valence-electron chi connectivity index (χ2n) is 13.4. The number of carbonyl (C=O) groups excluding carboxylic acids is 1. The lowest BCUT2D eigenvalue weighted by atomic mass is 9.71. The van der Waals surface area contributed by atoms with Crippen LogP contribution < -0.4 is 15.4 Å². The highest BCUT2D eigenvalue weighted by Gasteiger charge is 2.45. The summed E-state index contributed by atoms with van der Waals surface area (Å²) in [6, 6.07) is 9.46. The number of rotatable bonds is 9. The van der Waals surface area contributed by atoms with Crippen LogP contribution in [-0.2, 0) is 22.9 Å². The molecule has 2 heterocycles. The molecule has 2 aliphatic rings. The summed E-state index contributed by atoms with van der Waals surface area (Å²) in [5, 5.41) is 17.2. The van der Waals surface area contributed by atoms with Gasteiger partial charge >= 0.3 is 0 Å². The van der Waals surface area contributed by atoms with Gasteiger partial charge in [-0.3, -0.25) is 9.52 Å². The summed E-state index contributed by atoms with van der Waals surface area (Å²) in [6.45, 7) is 7.06. The fourth-order valence-corrected chi connectivity index (χ4v) is 7.84. The first-order valence-electron chi connectivity index (χ1n) is 15.2. The molecule has 0 aliphatic heterocycles. The number of carbonyl (C=O) groups is 1. The molecule has 3 aromatic rings. The minimum atomic E-state index is -3.52. The number of nitrogens with one attached hydrogen (secondary N) is 3. The lowest BCUT2D eigenvalue weighted by Gasteiger charge is -2.35. The van der Waals surface area contributed by atoms with Gasteiger partial charge in [-0.25, -0.2) is 22.2 Å². The highest BCUT2D eigenvalue weighted by Crippen LogP contribution is 2.39. The second kappa shape index (κ2) is 12.6. The molecular formula is C32H42F2N4O4S2.